The lowest BCUT2D eigenvalue weighted by Gasteiger charge is -2.08. The van der Waals surface area contributed by atoms with Crippen LogP contribution in [0.5, 0.6) is 0 Å². The molecule has 0 saturated carbocycles. The Balaban J connectivity index is 1.49. The fourth-order valence-electron chi connectivity index (χ4n) is 2.61. The van der Waals surface area contributed by atoms with Crippen LogP contribution in [-0.2, 0) is 6.18 Å². The average molecular weight is 425 g/mol. The monoisotopic (exact) mass is 425 g/mol. The normalized spacial score (nSPS) is 11.7. The Morgan fingerprint density at radius 1 is 1.00 bits per heavy atom. The van der Waals surface area contributed by atoms with Gasteiger partial charge in [0.2, 0.25) is 0 Å². The topological polar surface area (TPSA) is 63.1 Å². The summed E-state index contributed by atoms with van der Waals surface area (Å²) in [6.07, 6.45) is 2.25. The van der Waals surface area contributed by atoms with E-state index in [-0.39, 0.29) is 5.69 Å². The third-order valence-corrected chi connectivity index (χ3v) is 5.09. The van der Waals surface area contributed by atoms with Crippen LogP contribution < -0.4 is 5.43 Å². The average Bonchev–Trinajstić information content (AvgIpc) is 3.25. The van der Waals surface area contributed by atoms with E-state index in [4.69, 9.17) is 0 Å². The maximum Gasteiger partial charge on any atom is 0.416 e. The molecule has 0 amide bonds. The second-order valence-corrected chi connectivity index (χ2v) is 7.20. The van der Waals surface area contributed by atoms with Gasteiger partial charge in [0.1, 0.15) is 5.01 Å². The number of alkyl halides is 3. The van der Waals surface area contributed by atoms with Crippen LogP contribution in [0.2, 0.25) is 0 Å². The van der Waals surface area contributed by atoms with E-state index in [2.05, 4.69) is 25.5 Å². The van der Waals surface area contributed by atoms with Crippen LogP contribution in [0.25, 0.3) is 21.1 Å². The SMILES string of the molecule is FC(F)(F)c1cccc(N/N=C/c2cccc(-c3cnc(-c4cccnc4)s3)n2)c1. The highest BCUT2D eigenvalue weighted by atomic mass is 32.1. The minimum atomic E-state index is -4.40. The lowest BCUT2D eigenvalue weighted by molar-refractivity contribution is -0.137. The second kappa shape index (κ2) is 8.42. The third-order valence-electron chi connectivity index (χ3n) is 4.02. The Morgan fingerprint density at radius 2 is 1.87 bits per heavy atom. The highest BCUT2D eigenvalue weighted by molar-refractivity contribution is 7.18. The summed E-state index contributed by atoms with van der Waals surface area (Å²) in [5.74, 6) is 0. The van der Waals surface area contributed by atoms with Crippen LogP contribution in [-0.4, -0.2) is 21.2 Å². The minimum Gasteiger partial charge on any atom is -0.278 e. The maximum atomic E-state index is 12.8. The Morgan fingerprint density at radius 3 is 2.67 bits per heavy atom. The number of thiazole rings is 1. The molecule has 3 aromatic heterocycles. The quantitative estimate of drug-likeness (QED) is 0.328. The number of benzene rings is 1. The first-order valence-electron chi connectivity index (χ1n) is 8.79. The van der Waals surface area contributed by atoms with Gasteiger partial charge in [0, 0.05) is 24.2 Å². The smallest absolute Gasteiger partial charge is 0.278 e. The van der Waals surface area contributed by atoms with E-state index in [1.165, 1.54) is 29.7 Å². The summed E-state index contributed by atoms with van der Waals surface area (Å²) >= 11 is 1.49. The molecule has 30 heavy (non-hydrogen) atoms. The molecular weight excluding hydrogens is 411 g/mol. The Hall–Kier alpha value is -3.59. The predicted molar refractivity (Wildman–Crippen MR) is 111 cm³/mol. The summed E-state index contributed by atoms with van der Waals surface area (Å²) in [6, 6.07) is 14.1. The summed E-state index contributed by atoms with van der Waals surface area (Å²) in [4.78, 5) is 13.9. The first kappa shape index (κ1) is 19.7. The fourth-order valence-corrected chi connectivity index (χ4v) is 3.49. The van der Waals surface area contributed by atoms with Gasteiger partial charge >= 0.3 is 6.18 Å². The molecule has 4 rings (SSSR count). The molecule has 3 heterocycles. The van der Waals surface area contributed by atoms with Crippen molar-refractivity contribution in [2.45, 2.75) is 6.18 Å². The standard InChI is InChI=1S/C21H14F3N5S/c22-21(23,24)15-5-1-6-16(10-15)29-27-12-17-7-2-8-18(28-17)19-13-26-20(30-19)14-4-3-9-25-11-14/h1-13,29H/b27-12+. The van der Waals surface area contributed by atoms with Gasteiger partial charge < -0.3 is 0 Å². The summed E-state index contributed by atoms with van der Waals surface area (Å²) in [7, 11) is 0. The van der Waals surface area contributed by atoms with Gasteiger partial charge in [-0.05, 0) is 42.5 Å². The molecule has 0 atom stereocenters. The van der Waals surface area contributed by atoms with Gasteiger partial charge in [0.05, 0.1) is 33.7 Å². The van der Waals surface area contributed by atoms with Gasteiger partial charge in [-0.25, -0.2) is 9.97 Å². The highest BCUT2D eigenvalue weighted by Gasteiger charge is 2.30. The number of pyridine rings is 2. The van der Waals surface area contributed by atoms with Crippen molar-refractivity contribution in [1.82, 2.24) is 15.0 Å². The van der Waals surface area contributed by atoms with Crippen LogP contribution in [0.1, 0.15) is 11.3 Å². The zero-order valence-electron chi connectivity index (χ0n) is 15.3. The van der Waals surface area contributed by atoms with E-state index < -0.39 is 11.7 Å². The molecule has 0 radical (unpaired) electrons. The highest BCUT2D eigenvalue weighted by Crippen LogP contribution is 2.31. The number of hydrogen-bond acceptors (Lipinski definition) is 6. The molecule has 150 valence electrons. The van der Waals surface area contributed by atoms with Gasteiger partial charge in [-0.15, -0.1) is 11.3 Å². The van der Waals surface area contributed by atoms with Crippen LogP contribution >= 0.6 is 11.3 Å². The minimum absolute atomic E-state index is 0.237. The molecule has 1 N–H and O–H groups in total. The molecule has 4 aromatic rings. The summed E-state index contributed by atoms with van der Waals surface area (Å²) < 4.78 is 38.4. The van der Waals surface area contributed by atoms with E-state index in [1.807, 2.05) is 24.3 Å². The van der Waals surface area contributed by atoms with Crippen molar-refractivity contribution in [2.75, 3.05) is 5.43 Å². The number of nitrogens with one attached hydrogen (secondary N) is 1. The third kappa shape index (κ3) is 4.69. The zero-order chi connectivity index (χ0) is 21.0. The van der Waals surface area contributed by atoms with Crippen molar-refractivity contribution in [3.8, 4) is 21.1 Å². The number of hydrazone groups is 1. The number of aromatic nitrogens is 3. The summed E-state index contributed by atoms with van der Waals surface area (Å²) in [6.45, 7) is 0. The van der Waals surface area contributed by atoms with Crippen LogP contribution in [0.4, 0.5) is 18.9 Å². The second-order valence-electron chi connectivity index (χ2n) is 6.17. The number of nitrogens with zero attached hydrogens (tertiary/aromatic N) is 4. The Bertz CT molecular complexity index is 1170. The summed E-state index contributed by atoms with van der Waals surface area (Å²) in [5, 5.41) is 4.84. The van der Waals surface area contributed by atoms with E-state index in [0.29, 0.717) is 5.69 Å². The molecule has 0 aliphatic rings. The Kier molecular flexibility index (Phi) is 5.53. The first-order chi connectivity index (χ1) is 14.5. The molecule has 0 saturated heterocycles. The molecule has 0 aliphatic heterocycles. The van der Waals surface area contributed by atoms with Crippen molar-refractivity contribution < 1.29 is 13.2 Å². The molecule has 0 spiro atoms. The van der Waals surface area contributed by atoms with Crippen molar-refractivity contribution in [1.29, 1.82) is 0 Å². The van der Waals surface area contributed by atoms with Crippen molar-refractivity contribution in [3.05, 3.63) is 84.4 Å². The molecule has 0 aliphatic carbocycles. The molecule has 0 unspecified atom stereocenters. The van der Waals surface area contributed by atoms with Gasteiger partial charge in [-0.1, -0.05) is 12.1 Å². The lowest BCUT2D eigenvalue weighted by Crippen LogP contribution is -2.05. The van der Waals surface area contributed by atoms with Crippen LogP contribution in [0.15, 0.2) is 78.3 Å². The van der Waals surface area contributed by atoms with Gasteiger partial charge in [-0.2, -0.15) is 18.3 Å². The number of halogens is 3. The van der Waals surface area contributed by atoms with Crippen molar-refractivity contribution in [3.63, 3.8) is 0 Å². The largest absolute Gasteiger partial charge is 0.416 e. The van der Waals surface area contributed by atoms with Gasteiger partial charge in [-0.3, -0.25) is 10.4 Å². The summed E-state index contributed by atoms with van der Waals surface area (Å²) in [5.41, 5.74) is 4.32. The molecule has 5 nitrogen and oxygen atoms in total. The number of rotatable bonds is 5. The zero-order valence-corrected chi connectivity index (χ0v) is 16.2. The molecular formula is C21H14F3N5S. The van der Waals surface area contributed by atoms with Crippen molar-refractivity contribution >= 4 is 23.2 Å². The molecule has 0 bridgehead atoms. The molecule has 0 fully saturated rings. The maximum absolute atomic E-state index is 12.8. The van der Waals surface area contributed by atoms with Crippen LogP contribution in [0.3, 0.4) is 0 Å². The van der Waals surface area contributed by atoms with Crippen molar-refractivity contribution in [2.24, 2.45) is 5.10 Å². The predicted octanol–water partition coefficient (Wildman–Crippen LogP) is 5.73. The van der Waals surface area contributed by atoms with Crippen LogP contribution in [0, 0.1) is 0 Å². The van der Waals surface area contributed by atoms with E-state index >= 15 is 0 Å². The Labute approximate surface area is 174 Å². The fraction of sp³-hybridized carbons (Fsp3) is 0.0476. The van der Waals surface area contributed by atoms with E-state index in [9.17, 15) is 13.2 Å². The molecule has 9 heteroatoms. The van der Waals surface area contributed by atoms with E-state index in [1.54, 1.807) is 24.7 Å². The first-order valence-corrected chi connectivity index (χ1v) is 9.61. The van der Waals surface area contributed by atoms with Gasteiger partial charge in [0.25, 0.3) is 0 Å². The van der Waals surface area contributed by atoms with E-state index in [0.717, 1.165) is 33.3 Å². The van der Waals surface area contributed by atoms with Gasteiger partial charge in [0.15, 0.2) is 0 Å². The lowest BCUT2D eigenvalue weighted by atomic mass is 10.2. The number of hydrogen-bond donors (Lipinski definition) is 1. The number of anilines is 1. The molecule has 1 aromatic carbocycles.